The van der Waals surface area contributed by atoms with Crippen molar-refractivity contribution in [3.8, 4) is 0 Å². The molecule has 12 nitrogen and oxygen atoms in total. The van der Waals surface area contributed by atoms with Gasteiger partial charge in [0.1, 0.15) is 16.9 Å². The van der Waals surface area contributed by atoms with Gasteiger partial charge in [-0.2, -0.15) is 36.6 Å². The SMILES string of the molecule is CN(C)S(=O)(=O)S(=O)(=O)Nc1ccc(NCc2cccc3ccccc23)nc1Nc1ccc2n[nH]nc2c1. The number of anilines is 4. The lowest BCUT2D eigenvalue weighted by atomic mass is 10.0. The van der Waals surface area contributed by atoms with E-state index in [0.717, 1.165) is 30.4 Å². The summed E-state index contributed by atoms with van der Waals surface area (Å²) in [5.41, 5.74) is 2.77. The van der Waals surface area contributed by atoms with Gasteiger partial charge in [-0.1, -0.05) is 42.5 Å². The lowest BCUT2D eigenvalue weighted by Crippen LogP contribution is -2.34. The fourth-order valence-corrected chi connectivity index (χ4v) is 6.50. The van der Waals surface area contributed by atoms with Gasteiger partial charge in [0.05, 0.1) is 5.69 Å². The van der Waals surface area contributed by atoms with Crippen molar-refractivity contribution in [3.05, 3.63) is 78.4 Å². The molecule has 0 saturated carbocycles. The molecular weight excluding hydrogens is 528 g/mol. The summed E-state index contributed by atoms with van der Waals surface area (Å²) in [4.78, 5) is 4.54. The number of rotatable bonds is 9. The average molecular weight is 553 g/mol. The van der Waals surface area contributed by atoms with Crippen LogP contribution >= 0.6 is 0 Å². The van der Waals surface area contributed by atoms with Crippen LogP contribution in [0.4, 0.5) is 23.0 Å². The van der Waals surface area contributed by atoms with Crippen molar-refractivity contribution < 1.29 is 16.8 Å². The first-order valence-electron chi connectivity index (χ1n) is 11.4. The van der Waals surface area contributed by atoms with Gasteiger partial charge >= 0.3 is 18.1 Å². The van der Waals surface area contributed by atoms with Crippen LogP contribution < -0.4 is 15.4 Å². The molecule has 0 radical (unpaired) electrons. The highest BCUT2D eigenvalue weighted by molar-refractivity contribution is 8.66. The van der Waals surface area contributed by atoms with Crippen molar-refractivity contribution in [2.75, 3.05) is 29.5 Å². The molecule has 0 fully saturated rings. The summed E-state index contributed by atoms with van der Waals surface area (Å²) in [6.07, 6.45) is 0. The zero-order valence-corrected chi connectivity index (χ0v) is 22.0. The predicted octanol–water partition coefficient (Wildman–Crippen LogP) is 3.41. The molecule has 0 amide bonds. The molecule has 0 bridgehead atoms. The van der Waals surface area contributed by atoms with Crippen LogP contribution in [0.25, 0.3) is 21.8 Å². The van der Waals surface area contributed by atoms with E-state index in [2.05, 4.69) is 35.8 Å². The summed E-state index contributed by atoms with van der Waals surface area (Å²) in [7, 11) is -7.21. The second-order valence-corrected chi connectivity index (χ2v) is 13.8. The Morgan fingerprint density at radius 1 is 0.868 bits per heavy atom. The quantitative estimate of drug-likeness (QED) is 0.201. The second kappa shape index (κ2) is 9.89. The summed E-state index contributed by atoms with van der Waals surface area (Å²) < 4.78 is 52.9. The van der Waals surface area contributed by atoms with Gasteiger partial charge < -0.3 is 10.6 Å². The molecule has 0 atom stereocenters. The first kappa shape index (κ1) is 25.4. The van der Waals surface area contributed by atoms with Crippen molar-refractivity contribution in [2.45, 2.75) is 6.54 Å². The van der Waals surface area contributed by atoms with Crippen LogP contribution in [-0.4, -0.2) is 55.6 Å². The molecule has 0 aliphatic carbocycles. The molecule has 0 spiro atoms. The minimum atomic E-state index is -4.82. The second-order valence-electron chi connectivity index (χ2n) is 8.53. The molecule has 38 heavy (non-hydrogen) atoms. The minimum Gasteiger partial charge on any atom is -0.366 e. The molecule has 0 unspecified atom stereocenters. The third kappa shape index (κ3) is 4.96. The zero-order chi connectivity index (χ0) is 26.9. The van der Waals surface area contributed by atoms with E-state index in [1.165, 1.54) is 6.07 Å². The average Bonchev–Trinajstić information content (AvgIpc) is 3.36. The molecule has 3 aromatic carbocycles. The van der Waals surface area contributed by atoms with E-state index in [4.69, 9.17) is 0 Å². The maximum Gasteiger partial charge on any atom is 0.353 e. The molecule has 0 saturated heterocycles. The first-order chi connectivity index (χ1) is 18.1. The van der Waals surface area contributed by atoms with Crippen molar-refractivity contribution in [2.24, 2.45) is 0 Å². The third-order valence-electron chi connectivity index (χ3n) is 5.77. The number of nitrogens with zero attached hydrogens (tertiary/aromatic N) is 4. The van der Waals surface area contributed by atoms with Crippen molar-refractivity contribution >= 4 is 62.9 Å². The monoisotopic (exact) mass is 552 g/mol. The van der Waals surface area contributed by atoms with Crippen molar-refractivity contribution in [3.63, 3.8) is 0 Å². The van der Waals surface area contributed by atoms with Gasteiger partial charge in [0, 0.05) is 26.3 Å². The fourth-order valence-electron chi connectivity index (χ4n) is 3.81. The van der Waals surface area contributed by atoms with Gasteiger partial charge in [-0.25, -0.2) is 4.98 Å². The highest BCUT2D eigenvalue weighted by Crippen LogP contribution is 2.29. The van der Waals surface area contributed by atoms with Crippen LogP contribution in [-0.2, 0) is 24.7 Å². The van der Waals surface area contributed by atoms with Crippen LogP contribution in [0.5, 0.6) is 0 Å². The van der Waals surface area contributed by atoms with Gasteiger partial charge in [0.2, 0.25) is 0 Å². The fraction of sp³-hybridized carbons (Fsp3) is 0.125. The summed E-state index contributed by atoms with van der Waals surface area (Å²) in [5, 5.41) is 19.1. The van der Waals surface area contributed by atoms with Crippen LogP contribution in [0.15, 0.2) is 72.8 Å². The highest BCUT2D eigenvalue weighted by Gasteiger charge is 2.33. The van der Waals surface area contributed by atoms with E-state index in [1.807, 2.05) is 42.5 Å². The van der Waals surface area contributed by atoms with E-state index in [0.29, 0.717) is 33.4 Å². The Kier molecular flexibility index (Phi) is 6.60. The Morgan fingerprint density at radius 2 is 1.63 bits per heavy atom. The van der Waals surface area contributed by atoms with Gasteiger partial charge in [-0.3, -0.25) is 4.72 Å². The van der Waals surface area contributed by atoms with Crippen LogP contribution in [0, 0.1) is 0 Å². The Hall–Kier alpha value is -4.27. The summed E-state index contributed by atoms with van der Waals surface area (Å²) in [5.74, 6) is 0.537. The maximum absolute atomic E-state index is 12.7. The Balaban J connectivity index is 1.48. The molecular formula is C24H24N8O4S2. The number of benzene rings is 3. The molecule has 4 N–H and O–H groups in total. The summed E-state index contributed by atoms with van der Waals surface area (Å²) in [6, 6.07) is 22.2. The number of fused-ring (bicyclic) bond motifs is 2. The third-order valence-corrected chi connectivity index (χ3v) is 10.5. The van der Waals surface area contributed by atoms with Crippen molar-refractivity contribution in [1.82, 2.24) is 24.7 Å². The topological polar surface area (TPSA) is 162 Å². The van der Waals surface area contributed by atoms with E-state index < -0.39 is 18.1 Å². The van der Waals surface area contributed by atoms with Crippen LogP contribution in [0.3, 0.4) is 0 Å². The van der Waals surface area contributed by atoms with Crippen LogP contribution in [0.2, 0.25) is 0 Å². The largest absolute Gasteiger partial charge is 0.366 e. The van der Waals surface area contributed by atoms with Gasteiger partial charge in [0.15, 0.2) is 5.82 Å². The zero-order valence-electron chi connectivity index (χ0n) is 20.4. The maximum atomic E-state index is 12.7. The molecule has 2 aromatic heterocycles. The Labute approximate surface area is 218 Å². The lowest BCUT2D eigenvalue weighted by Gasteiger charge is -2.17. The summed E-state index contributed by atoms with van der Waals surface area (Å²) >= 11 is 0. The molecule has 196 valence electrons. The molecule has 0 aliphatic rings. The van der Waals surface area contributed by atoms with Crippen molar-refractivity contribution in [1.29, 1.82) is 0 Å². The number of pyridine rings is 1. The van der Waals surface area contributed by atoms with E-state index >= 15 is 0 Å². The van der Waals surface area contributed by atoms with Gasteiger partial charge in [0.25, 0.3) is 0 Å². The number of H-pyrrole nitrogens is 1. The normalized spacial score (nSPS) is 12.2. The van der Waals surface area contributed by atoms with E-state index in [9.17, 15) is 16.8 Å². The van der Waals surface area contributed by atoms with Crippen LogP contribution in [0.1, 0.15) is 5.56 Å². The molecule has 5 aromatic rings. The molecule has 2 heterocycles. The summed E-state index contributed by atoms with van der Waals surface area (Å²) in [6.45, 7) is 0.457. The minimum absolute atomic E-state index is 0.0496. The molecule has 0 aliphatic heterocycles. The number of aromatic nitrogens is 4. The Morgan fingerprint density at radius 3 is 2.45 bits per heavy atom. The smallest absolute Gasteiger partial charge is 0.353 e. The molecule has 14 heteroatoms. The highest BCUT2D eigenvalue weighted by atomic mass is 33.2. The molecule has 5 rings (SSSR count). The lowest BCUT2D eigenvalue weighted by molar-refractivity contribution is 0.528. The Bertz CT molecular complexity index is 1850. The number of hydrogen-bond donors (Lipinski definition) is 4. The predicted molar refractivity (Wildman–Crippen MR) is 148 cm³/mol. The first-order valence-corrected chi connectivity index (χ1v) is 14.8. The van der Waals surface area contributed by atoms with E-state index in [-0.39, 0.29) is 11.5 Å². The van der Waals surface area contributed by atoms with Gasteiger partial charge in [-0.05, 0) is 46.7 Å². The number of aromatic amines is 1. The number of hydrogen-bond acceptors (Lipinski definition) is 9. The van der Waals surface area contributed by atoms with E-state index in [1.54, 1.807) is 24.3 Å². The standard InChI is InChI=1S/C24H24N8O4S2/c1-32(2)38(35,36)37(33,34)30-21-12-13-23(25-15-17-8-5-7-16-6-3-4-9-19(16)17)27-24(21)26-18-10-11-20-22(14-18)29-31-28-20/h3-14,30H,15H2,1-2H3,(H2,25,26,27)(H,28,29,31). The van der Waals surface area contributed by atoms with Gasteiger partial charge in [-0.15, -0.1) is 0 Å². The number of nitrogens with one attached hydrogen (secondary N) is 4.